The van der Waals surface area contributed by atoms with Crippen LogP contribution in [0.5, 0.6) is 0 Å². The van der Waals surface area contributed by atoms with Gasteiger partial charge in [-0.05, 0) is 39.0 Å². The summed E-state index contributed by atoms with van der Waals surface area (Å²) in [5.74, 6) is 0.242. The highest BCUT2D eigenvalue weighted by molar-refractivity contribution is 5.75. The van der Waals surface area contributed by atoms with Gasteiger partial charge >= 0.3 is 5.97 Å². The normalized spacial score (nSPS) is 9.61. The van der Waals surface area contributed by atoms with Gasteiger partial charge in [-0.15, -0.1) is 0 Å². The van der Waals surface area contributed by atoms with Gasteiger partial charge < -0.3 is 19.3 Å². The first-order valence-corrected chi connectivity index (χ1v) is 12.2. The first kappa shape index (κ1) is 36.9. The monoisotopic (exact) mass is 447 g/mol. The van der Waals surface area contributed by atoms with Crippen molar-refractivity contribution in [3.05, 3.63) is 0 Å². The fraction of sp³-hybridized carbons (Fsp3) is 0.880. The number of ketones is 1. The molecule has 0 atom stereocenters. The Bertz CT molecular complexity index is 410. The summed E-state index contributed by atoms with van der Waals surface area (Å²) in [6, 6.07) is 0. The van der Waals surface area contributed by atoms with Crippen LogP contribution in [-0.4, -0.2) is 62.5 Å². The highest BCUT2D eigenvalue weighted by Crippen LogP contribution is 2.02. The second kappa shape index (κ2) is 28.6. The Labute approximate surface area is 194 Å². The fourth-order valence-electron chi connectivity index (χ4n) is 2.29. The maximum absolute atomic E-state index is 10.5. The van der Waals surface area contributed by atoms with Crippen molar-refractivity contribution in [1.29, 1.82) is 0 Å². The molecule has 188 valence electrons. The lowest BCUT2D eigenvalue weighted by molar-refractivity contribution is -0.890. The first-order chi connectivity index (χ1) is 14.5. The van der Waals surface area contributed by atoms with Crippen LogP contribution in [0.3, 0.4) is 0 Å². The third kappa shape index (κ3) is 47.7. The van der Waals surface area contributed by atoms with Crippen molar-refractivity contribution < 1.29 is 23.6 Å². The summed E-state index contributed by atoms with van der Waals surface area (Å²) in [5.41, 5.74) is 0. The number of hydrogen-bond donors (Lipinski definition) is 1. The fourth-order valence-corrected chi connectivity index (χ4v) is 2.29. The van der Waals surface area contributed by atoms with E-state index in [1.54, 1.807) is 6.92 Å². The minimum absolute atomic E-state index is 0.145. The van der Waals surface area contributed by atoms with Crippen molar-refractivity contribution in [2.45, 2.75) is 107 Å². The number of ether oxygens (including phenoxy) is 1. The van der Waals surface area contributed by atoms with Gasteiger partial charge in [0, 0.05) is 26.3 Å². The van der Waals surface area contributed by atoms with Crippen LogP contribution in [-0.2, 0) is 19.1 Å². The number of nitrogens with one attached hydrogen (secondary N) is 1. The Kier molecular flexibility index (Phi) is 34.0. The van der Waals surface area contributed by atoms with Gasteiger partial charge in [0.05, 0.1) is 33.8 Å². The van der Waals surface area contributed by atoms with Crippen LogP contribution in [0.1, 0.15) is 107 Å². The van der Waals surface area contributed by atoms with Gasteiger partial charge in [0.1, 0.15) is 5.78 Å². The second-order valence-corrected chi connectivity index (χ2v) is 8.23. The topological polar surface area (TPSA) is 72.5 Å². The zero-order valence-electron chi connectivity index (χ0n) is 22.6. The van der Waals surface area contributed by atoms with Crippen molar-refractivity contribution >= 4 is 17.7 Å². The van der Waals surface area contributed by atoms with Crippen molar-refractivity contribution in [2.75, 3.05) is 40.3 Å². The van der Waals surface area contributed by atoms with Crippen molar-refractivity contribution in [3.63, 3.8) is 0 Å². The summed E-state index contributed by atoms with van der Waals surface area (Å²) in [6.45, 7) is 19.4. The minimum Gasteiger partial charge on any atom is -0.466 e. The third-order valence-corrected chi connectivity index (χ3v) is 3.95. The second-order valence-electron chi connectivity index (χ2n) is 8.23. The van der Waals surface area contributed by atoms with Gasteiger partial charge in [0.15, 0.2) is 0 Å². The molecule has 0 bridgehead atoms. The largest absolute Gasteiger partial charge is 0.466 e. The van der Waals surface area contributed by atoms with Crippen LogP contribution in [0.15, 0.2) is 0 Å². The summed E-state index contributed by atoms with van der Waals surface area (Å²) in [4.78, 5) is 30.5. The predicted molar refractivity (Wildman–Crippen MR) is 133 cm³/mol. The van der Waals surface area contributed by atoms with Crippen molar-refractivity contribution in [3.8, 4) is 0 Å². The first-order valence-electron chi connectivity index (χ1n) is 12.2. The van der Waals surface area contributed by atoms with E-state index in [2.05, 4.69) is 38.0 Å². The molecule has 0 aliphatic rings. The zero-order chi connectivity index (χ0) is 25.1. The molecule has 6 heteroatoms. The molecule has 0 spiro atoms. The number of carbonyl (C=O) groups is 3. The lowest BCUT2D eigenvalue weighted by Crippen LogP contribution is -2.40. The number of quaternary nitrogens is 1. The van der Waals surface area contributed by atoms with E-state index in [0.29, 0.717) is 13.0 Å². The average molecular weight is 448 g/mol. The standard InChI is InChI=1S/C9H22N.C6H13NO.C5H10O2.C5H10O/c1-5-7-9-10(3,4)8-6-2;1-3-5-7-6(8)4-2;1-3-4-7-5(2)6;1-3-4-5(2)6/h5-9H2,1-4H3;3-5H2,1-2H3,(H,7,8);3-4H2,1-2H3;3-4H2,1-2H3/q+1;;;. The Balaban J connectivity index is -0.000000160. The van der Waals surface area contributed by atoms with E-state index in [0.717, 1.165) is 32.2 Å². The van der Waals surface area contributed by atoms with Gasteiger partial charge in [0.25, 0.3) is 0 Å². The molecule has 0 aliphatic carbocycles. The summed E-state index contributed by atoms with van der Waals surface area (Å²) < 4.78 is 5.75. The van der Waals surface area contributed by atoms with E-state index in [4.69, 9.17) is 0 Å². The molecule has 0 saturated carbocycles. The van der Waals surface area contributed by atoms with Gasteiger partial charge in [-0.2, -0.15) is 0 Å². The van der Waals surface area contributed by atoms with Crippen LogP contribution >= 0.6 is 0 Å². The summed E-state index contributed by atoms with van der Waals surface area (Å²) in [5, 5.41) is 2.74. The smallest absolute Gasteiger partial charge is 0.302 e. The lowest BCUT2D eigenvalue weighted by Gasteiger charge is -2.29. The summed E-state index contributed by atoms with van der Waals surface area (Å²) >= 11 is 0. The molecule has 0 aromatic heterocycles. The molecule has 31 heavy (non-hydrogen) atoms. The number of amides is 1. The molecule has 0 rings (SSSR count). The molecular formula is C25H55N2O4+. The molecule has 1 N–H and O–H groups in total. The minimum atomic E-state index is -0.193. The van der Waals surface area contributed by atoms with Gasteiger partial charge in [-0.3, -0.25) is 9.59 Å². The predicted octanol–water partition coefficient (Wildman–Crippen LogP) is 5.53. The van der Waals surface area contributed by atoms with E-state index in [1.807, 2.05) is 27.7 Å². The highest BCUT2D eigenvalue weighted by Gasteiger charge is 2.10. The van der Waals surface area contributed by atoms with E-state index in [1.165, 1.54) is 43.8 Å². The van der Waals surface area contributed by atoms with Crippen LogP contribution in [0.4, 0.5) is 0 Å². The summed E-state index contributed by atoms with van der Waals surface area (Å²) in [6.07, 6.45) is 8.23. The SMILES string of the molecule is CCCC(C)=O.CCCC[N+](C)(C)CCC.CCCNC(=O)CC.CCCOC(C)=O. The number of Topliss-reactive ketones (excluding diaryl/α,β-unsaturated/α-hetero) is 1. The molecule has 0 aromatic rings. The van der Waals surface area contributed by atoms with Gasteiger partial charge in [0.2, 0.25) is 5.91 Å². The Morgan fingerprint density at radius 3 is 1.61 bits per heavy atom. The Morgan fingerprint density at radius 1 is 0.774 bits per heavy atom. The van der Waals surface area contributed by atoms with Crippen LogP contribution in [0.2, 0.25) is 0 Å². The molecule has 6 nitrogen and oxygen atoms in total. The van der Waals surface area contributed by atoms with E-state index < -0.39 is 0 Å². The highest BCUT2D eigenvalue weighted by atomic mass is 16.5. The van der Waals surface area contributed by atoms with Crippen molar-refractivity contribution in [2.24, 2.45) is 0 Å². The van der Waals surface area contributed by atoms with Gasteiger partial charge in [-0.25, -0.2) is 0 Å². The summed E-state index contributed by atoms with van der Waals surface area (Å²) in [7, 11) is 4.64. The Morgan fingerprint density at radius 2 is 1.35 bits per heavy atom. The molecule has 0 aromatic carbocycles. The number of esters is 1. The number of carbonyl (C=O) groups excluding carboxylic acids is 3. The molecule has 0 saturated heterocycles. The Hall–Kier alpha value is -1.43. The lowest BCUT2D eigenvalue weighted by atomic mass is 10.3. The quantitative estimate of drug-likeness (QED) is 0.315. The van der Waals surface area contributed by atoms with E-state index >= 15 is 0 Å². The number of rotatable bonds is 12. The molecule has 0 heterocycles. The third-order valence-electron chi connectivity index (χ3n) is 3.95. The maximum Gasteiger partial charge on any atom is 0.302 e. The zero-order valence-corrected chi connectivity index (χ0v) is 22.6. The molecule has 1 amide bonds. The van der Waals surface area contributed by atoms with E-state index in [-0.39, 0.29) is 17.7 Å². The van der Waals surface area contributed by atoms with Gasteiger partial charge in [-0.1, -0.05) is 48.0 Å². The average Bonchev–Trinajstić information content (AvgIpc) is 2.70. The molecule has 0 unspecified atom stereocenters. The maximum atomic E-state index is 10.5. The van der Waals surface area contributed by atoms with Crippen molar-refractivity contribution in [1.82, 2.24) is 5.32 Å². The van der Waals surface area contributed by atoms with Crippen LogP contribution in [0.25, 0.3) is 0 Å². The number of nitrogens with zero attached hydrogens (tertiary/aromatic N) is 1. The molecule has 0 radical (unpaired) electrons. The molecular weight excluding hydrogens is 392 g/mol. The van der Waals surface area contributed by atoms with Crippen LogP contribution in [0, 0.1) is 0 Å². The van der Waals surface area contributed by atoms with E-state index in [9.17, 15) is 14.4 Å². The molecule has 0 aliphatic heterocycles. The molecule has 0 fully saturated rings. The van der Waals surface area contributed by atoms with Crippen LogP contribution < -0.4 is 5.32 Å². The number of hydrogen-bond acceptors (Lipinski definition) is 4. The number of unbranched alkanes of at least 4 members (excludes halogenated alkanes) is 1.